The molecule has 2 aromatic heterocycles. The van der Waals surface area contributed by atoms with Gasteiger partial charge in [-0.3, -0.25) is 4.79 Å². The Balaban J connectivity index is 1.16. The molecule has 176 valence electrons. The van der Waals surface area contributed by atoms with E-state index in [4.69, 9.17) is 0 Å². The second-order valence-corrected chi connectivity index (χ2v) is 10.0. The first kappa shape index (κ1) is 22.7. The summed E-state index contributed by atoms with van der Waals surface area (Å²) < 4.78 is 0. The highest BCUT2D eigenvalue weighted by atomic mass is 32.2. The first-order valence-corrected chi connectivity index (χ1v) is 12.8. The molecular weight excluding hydrogens is 444 g/mol. The number of benzene rings is 1. The fourth-order valence-corrected chi connectivity index (χ4v) is 5.34. The minimum atomic E-state index is 0.0126. The Hall–Kier alpha value is -3.13. The van der Waals surface area contributed by atoms with E-state index in [1.165, 1.54) is 5.56 Å². The minimum Gasteiger partial charge on any atom is -0.354 e. The number of aromatic nitrogens is 3. The third-order valence-corrected chi connectivity index (χ3v) is 7.46. The summed E-state index contributed by atoms with van der Waals surface area (Å²) in [4.78, 5) is 25.4. The largest absolute Gasteiger partial charge is 0.354 e. The molecule has 0 unspecified atom stereocenters. The summed E-state index contributed by atoms with van der Waals surface area (Å²) in [6.07, 6.45) is 3.75. The van der Waals surface area contributed by atoms with Crippen LogP contribution in [0.3, 0.4) is 0 Å². The number of hydrogen-bond acceptors (Lipinski definition) is 7. The quantitative estimate of drug-likeness (QED) is 0.556. The lowest BCUT2D eigenvalue weighted by molar-refractivity contribution is -0.136. The van der Waals surface area contributed by atoms with Gasteiger partial charge in [-0.15, -0.1) is 10.2 Å². The van der Waals surface area contributed by atoms with Crippen LogP contribution in [0, 0.1) is 12.8 Å². The van der Waals surface area contributed by atoms with Gasteiger partial charge in [0.1, 0.15) is 10.8 Å². The molecule has 3 aromatic rings. The number of rotatable bonds is 5. The Morgan fingerprint density at radius 3 is 2.41 bits per heavy atom. The highest BCUT2D eigenvalue weighted by molar-refractivity contribution is 7.99. The summed E-state index contributed by atoms with van der Waals surface area (Å²) >= 11 is 1.61. The Labute approximate surface area is 205 Å². The zero-order valence-electron chi connectivity index (χ0n) is 19.5. The molecule has 0 saturated carbocycles. The van der Waals surface area contributed by atoms with Gasteiger partial charge in [0, 0.05) is 50.4 Å². The Morgan fingerprint density at radius 1 is 0.882 bits per heavy atom. The van der Waals surface area contributed by atoms with E-state index in [9.17, 15) is 4.79 Å². The van der Waals surface area contributed by atoms with Crippen LogP contribution in [-0.2, 0) is 4.79 Å². The van der Waals surface area contributed by atoms with Gasteiger partial charge in [-0.1, -0.05) is 35.5 Å². The first-order chi connectivity index (χ1) is 16.7. The van der Waals surface area contributed by atoms with Crippen LogP contribution < -0.4 is 9.80 Å². The fraction of sp³-hybridized carbons (Fsp3) is 0.385. The van der Waals surface area contributed by atoms with Gasteiger partial charge < -0.3 is 14.7 Å². The zero-order valence-corrected chi connectivity index (χ0v) is 20.3. The van der Waals surface area contributed by atoms with Crippen LogP contribution in [0.15, 0.2) is 70.7 Å². The molecule has 1 amide bonds. The molecule has 5 rings (SSSR count). The van der Waals surface area contributed by atoms with Crippen LogP contribution in [0.1, 0.15) is 18.4 Å². The molecule has 0 N–H and O–H groups in total. The molecule has 0 spiro atoms. The summed E-state index contributed by atoms with van der Waals surface area (Å²) in [5.41, 5.74) is 1.25. The number of pyridine rings is 1. The van der Waals surface area contributed by atoms with E-state index in [1.807, 2.05) is 41.4 Å². The van der Waals surface area contributed by atoms with Crippen LogP contribution in [-0.4, -0.2) is 65.3 Å². The van der Waals surface area contributed by atoms with Gasteiger partial charge in [0.05, 0.1) is 5.92 Å². The van der Waals surface area contributed by atoms with Crippen molar-refractivity contribution in [1.82, 2.24) is 20.1 Å². The van der Waals surface area contributed by atoms with Crippen molar-refractivity contribution in [2.24, 2.45) is 5.92 Å². The van der Waals surface area contributed by atoms with Crippen molar-refractivity contribution in [3.05, 3.63) is 66.4 Å². The van der Waals surface area contributed by atoms with Crippen LogP contribution in [0.5, 0.6) is 0 Å². The summed E-state index contributed by atoms with van der Waals surface area (Å²) in [5, 5.41) is 9.79. The summed E-state index contributed by atoms with van der Waals surface area (Å²) in [6, 6.07) is 18.4. The standard InChI is InChI=1S/C26H30N6OS/c1-20-7-9-22(10-8-20)34-25-12-11-24(28-29-25)32-14-4-5-21(19-32)26(33)31-17-15-30(16-18-31)23-6-2-3-13-27-23/h2-3,6-13,21H,4-5,14-19H2,1H3/t21-/m1/s1. The second kappa shape index (κ2) is 10.4. The van der Waals surface area contributed by atoms with E-state index < -0.39 is 0 Å². The summed E-state index contributed by atoms with van der Waals surface area (Å²) in [5.74, 6) is 2.12. The maximum Gasteiger partial charge on any atom is 0.227 e. The zero-order chi connectivity index (χ0) is 23.3. The topological polar surface area (TPSA) is 65.5 Å². The number of nitrogens with zero attached hydrogens (tertiary/aromatic N) is 6. The van der Waals surface area contributed by atoms with Gasteiger partial charge >= 0.3 is 0 Å². The minimum absolute atomic E-state index is 0.0126. The number of piperazine rings is 1. The molecule has 0 radical (unpaired) electrons. The van der Waals surface area contributed by atoms with Crippen molar-refractivity contribution in [2.45, 2.75) is 29.7 Å². The predicted octanol–water partition coefficient (Wildman–Crippen LogP) is 3.90. The molecule has 4 heterocycles. The number of anilines is 2. The lowest BCUT2D eigenvalue weighted by Crippen LogP contribution is -2.52. The maximum absolute atomic E-state index is 13.3. The molecule has 2 saturated heterocycles. The molecule has 8 heteroatoms. The fourth-order valence-electron chi connectivity index (χ4n) is 4.60. The van der Waals surface area contributed by atoms with Crippen molar-refractivity contribution in [1.29, 1.82) is 0 Å². The number of aryl methyl sites for hydroxylation is 1. The third kappa shape index (κ3) is 5.33. The highest BCUT2D eigenvalue weighted by Gasteiger charge is 2.31. The normalized spacial score (nSPS) is 18.7. The number of amides is 1. The van der Waals surface area contributed by atoms with E-state index in [0.29, 0.717) is 6.54 Å². The number of piperidine rings is 1. The summed E-state index contributed by atoms with van der Waals surface area (Å²) in [6.45, 7) is 6.85. The molecule has 34 heavy (non-hydrogen) atoms. The highest BCUT2D eigenvalue weighted by Crippen LogP contribution is 2.28. The molecule has 0 bridgehead atoms. The van der Waals surface area contributed by atoms with Crippen molar-refractivity contribution in [3.8, 4) is 0 Å². The van der Waals surface area contributed by atoms with E-state index in [1.54, 1.807) is 11.8 Å². The average molecular weight is 475 g/mol. The Bertz CT molecular complexity index is 1080. The van der Waals surface area contributed by atoms with Gasteiger partial charge in [-0.05, 0) is 56.2 Å². The molecule has 0 aliphatic carbocycles. The monoisotopic (exact) mass is 474 g/mol. The second-order valence-electron chi connectivity index (χ2n) is 8.93. The Morgan fingerprint density at radius 2 is 1.71 bits per heavy atom. The van der Waals surface area contributed by atoms with E-state index >= 15 is 0 Å². The first-order valence-electron chi connectivity index (χ1n) is 11.9. The lowest BCUT2D eigenvalue weighted by atomic mass is 9.96. The molecule has 2 fully saturated rings. The maximum atomic E-state index is 13.3. The van der Waals surface area contributed by atoms with Crippen LogP contribution in [0.4, 0.5) is 11.6 Å². The molecular formula is C26H30N6OS. The number of hydrogen-bond donors (Lipinski definition) is 0. The van der Waals surface area contributed by atoms with Gasteiger partial charge in [-0.25, -0.2) is 4.98 Å². The smallest absolute Gasteiger partial charge is 0.227 e. The van der Waals surface area contributed by atoms with Crippen molar-refractivity contribution < 1.29 is 4.79 Å². The molecule has 7 nitrogen and oxygen atoms in total. The van der Waals surface area contributed by atoms with Crippen molar-refractivity contribution >= 4 is 29.3 Å². The predicted molar refractivity (Wildman–Crippen MR) is 135 cm³/mol. The molecule has 2 aliphatic rings. The Kier molecular flexibility index (Phi) is 6.94. The average Bonchev–Trinajstić information content (AvgIpc) is 2.91. The lowest BCUT2D eigenvalue weighted by Gasteiger charge is -2.39. The van der Waals surface area contributed by atoms with E-state index in [2.05, 4.69) is 56.2 Å². The van der Waals surface area contributed by atoms with Gasteiger partial charge in [0.25, 0.3) is 0 Å². The van der Waals surface area contributed by atoms with E-state index in [-0.39, 0.29) is 11.8 Å². The van der Waals surface area contributed by atoms with Gasteiger partial charge in [-0.2, -0.15) is 0 Å². The van der Waals surface area contributed by atoms with Gasteiger partial charge in [0.2, 0.25) is 5.91 Å². The number of carbonyl (C=O) groups excluding carboxylic acids is 1. The van der Waals surface area contributed by atoms with Crippen LogP contribution in [0.2, 0.25) is 0 Å². The van der Waals surface area contributed by atoms with Gasteiger partial charge in [0.15, 0.2) is 5.82 Å². The SMILES string of the molecule is Cc1ccc(Sc2ccc(N3CCC[C@@H](C(=O)N4CCN(c5ccccn5)CC4)C3)nn2)cc1. The molecule has 1 atom stereocenters. The van der Waals surface area contributed by atoms with E-state index in [0.717, 1.165) is 67.1 Å². The number of carbonyl (C=O) groups is 1. The van der Waals surface area contributed by atoms with Crippen molar-refractivity contribution in [3.63, 3.8) is 0 Å². The molecule has 1 aromatic carbocycles. The molecule has 2 aliphatic heterocycles. The third-order valence-electron chi connectivity index (χ3n) is 6.53. The van der Waals surface area contributed by atoms with Crippen LogP contribution >= 0.6 is 11.8 Å². The van der Waals surface area contributed by atoms with Crippen molar-refractivity contribution in [2.75, 3.05) is 49.1 Å². The summed E-state index contributed by atoms with van der Waals surface area (Å²) in [7, 11) is 0. The van der Waals surface area contributed by atoms with Crippen LogP contribution in [0.25, 0.3) is 0 Å².